The standard InChI is InChI=1S/C36H36N6O4S2/c1-23-11-8-15-28(24(23)2)41-32(21-37-33(43)19-25-12-6-5-7-13-25)38-39-36(41)48-22-34(44)42-29(20-27(40-42)31-17-10-18-47-31)26-14-9-16-30(45-3)35(26)46-4/h5-18,29H,19-22H2,1-4H3,(H,37,43). The third kappa shape index (κ3) is 6.99. The fraction of sp³-hybridized carbons (Fsp3) is 0.250. The number of hydrogen-bond donors (Lipinski definition) is 1. The lowest BCUT2D eigenvalue weighted by atomic mass is 9.99. The van der Waals surface area contributed by atoms with E-state index in [-0.39, 0.29) is 36.6 Å². The van der Waals surface area contributed by atoms with Crippen molar-refractivity contribution in [2.75, 3.05) is 20.0 Å². The van der Waals surface area contributed by atoms with Crippen LogP contribution in [0.4, 0.5) is 0 Å². The van der Waals surface area contributed by atoms with E-state index in [9.17, 15) is 9.59 Å². The number of benzene rings is 3. The largest absolute Gasteiger partial charge is 0.493 e. The lowest BCUT2D eigenvalue weighted by molar-refractivity contribution is -0.130. The molecular formula is C36H36N6O4S2. The van der Waals surface area contributed by atoms with Crippen molar-refractivity contribution in [3.63, 3.8) is 0 Å². The summed E-state index contributed by atoms with van der Waals surface area (Å²) < 4.78 is 13.2. The van der Waals surface area contributed by atoms with E-state index in [1.165, 1.54) is 11.8 Å². The molecule has 0 saturated carbocycles. The molecule has 3 heterocycles. The molecule has 1 aliphatic rings. The Kier molecular flexibility index (Phi) is 10.2. The second-order valence-corrected chi connectivity index (χ2v) is 13.1. The molecule has 1 aliphatic heterocycles. The van der Waals surface area contributed by atoms with Crippen LogP contribution in [-0.2, 0) is 22.6 Å². The third-order valence-corrected chi connectivity index (χ3v) is 10.1. The van der Waals surface area contributed by atoms with Gasteiger partial charge in [0, 0.05) is 12.0 Å². The minimum absolute atomic E-state index is 0.0629. The van der Waals surface area contributed by atoms with E-state index in [1.54, 1.807) is 30.6 Å². The maximum Gasteiger partial charge on any atom is 0.253 e. The lowest BCUT2D eigenvalue weighted by Gasteiger charge is -2.24. The van der Waals surface area contributed by atoms with Gasteiger partial charge in [-0.05, 0) is 54.1 Å². The Hall–Kier alpha value is -4.94. The van der Waals surface area contributed by atoms with E-state index in [1.807, 2.05) is 103 Å². The number of amides is 2. The average molecular weight is 681 g/mol. The average Bonchev–Trinajstić information content (AvgIpc) is 3.88. The first-order chi connectivity index (χ1) is 23.4. The summed E-state index contributed by atoms with van der Waals surface area (Å²) in [5.74, 6) is 1.49. The van der Waals surface area contributed by atoms with Gasteiger partial charge in [-0.25, -0.2) is 5.01 Å². The van der Waals surface area contributed by atoms with E-state index in [0.29, 0.717) is 28.9 Å². The zero-order valence-corrected chi connectivity index (χ0v) is 28.8. The highest BCUT2D eigenvalue weighted by atomic mass is 32.2. The third-order valence-electron chi connectivity index (χ3n) is 8.26. The molecule has 1 unspecified atom stereocenters. The Morgan fingerprint density at radius 1 is 0.958 bits per heavy atom. The van der Waals surface area contributed by atoms with Crippen LogP contribution in [0.2, 0.25) is 0 Å². The van der Waals surface area contributed by atoms with E-state index in [4.69, 9.17) is 14.6 Å². The highest BCUT2D eigenvalue weighted by molar-refractivity contribution is 7.99. The molecule has 2 amide bonds. The molecule has 2 aromatic heterocycles. The minimum atomic E-state index is -0.382. The van der Waals surface area contributed by atoms with E-state index >= 15 is 0 Å². The second kappa shape index (κ2) is 14.9. The van der Waals surface area contributed by atoms with E-state index in [2.05, 4.69) is 15.5 Å². The van der Waals surface area contributed by atoms with Crippen molar-refractivity contribution in [1.29, 1.82) is 0 Å². The summed E-state index contributed by atoms with van der Waals surface area (Å²) in [6.45, 7) is 4.27. The summed E-state index contributed by atoms with van der Waals surface area (Å²) in [6.07, 6.45) is 0.795. The van der Waals surface area contributed by atoms with Crippen molar-refractivity contribution in [1.82, 2.24) is 25.1 Å². The molecule has 246 valence electrons. The molecule has 0 bridgehead atoms. The summed E-state index contributed by atoms with van der Waals surface area (Å²) in [5.41, 5.74) is 5.63. The number of hydrogen-bond acceptors (Lipinski definition) is 9. The fourth-order valence-corrected chi connectivity index (χ4v) is 7.23. The van der Waals surface area contributed by atoms with Crippen LogP contribution in [-0.4, -0.2) is 57.3 Å². The molecule has 0 radical (unpaired) electrons. The van der Waals surface area contributed by atoms with Crippen LogP contribution in [0.1, 0.15) is 45.4 Å². The van der Waals surface area contributed by atoms with Gasteiger partial charge in [0.1, 0.15) is 0 Å². The number of nitrogens with zero attached hydrogens (tertiary/aromatic N) is 5. The van der Waals surface area contributed by atoms with Crippen LogP contribution in [0, 0.1) is 13.8 Å². The zero-order valence-electron chi connectivity index (χ0n) is 27.2. The Balaban J connectivity index is 1.27. The minimum Gasteiger partial charge on any atom is -0.493 e. The molecular weight excluding hydrogens is 645 g/mol. The zero-order chi connectivity index (χ0) is 33.6. The van der Waals surface area contributed by atoms with Crippen molar-refractivity contribution in [3.8, 4) is 17.2 Å². The topological polar surface area (TPSA) is 111 Å². The van der Waals surface area contributed by atoms with Gasteiger partial charge in [0.05, 0.1) is 55.3 Å². The van der Waals surface area contributed by atoms with Crippen LogP contribution < -0.4 is 14.8 Å². The summed E-state index contributed by atoms with van der Waals surface area (Å²) in [4.78, 5) is 27.9. The van der Waals surface area contributed by atoms with Gasteiger partial charge in [-0.3, -0.25) is 14.2 Å². The number of carbonyl (C=O) groups excluding carboxylic acids is 2. The maximum absolute atomic E-state index is 14.1. The summed E-state index contributed by atoms with van der Waals surface area (Å²) in [7, 11) is 3.19. The van der Waals surface area contributed by atoms with Gasteiger partial charge in [-0.2, -0.15) is 5.10 Å². The van der Waals surface area contributed by atoms with Gasteiger partial charge >= 0.3 is 0 Å². The predicted octanol–water partition coefficient (Wildman–Crippen LogP) is 6.29. The summed E-state index contributed by atoms with van der Waals surface area (Å²) in [5, 5.41) is 20.9. The van der Waals surface area contributed by atoms with Crippen molar-refractivity contribution in [2.45, 2.75) is 44.4 Å². The predicted molar refractivity (Wildman–Crippen MR) is 188 cm³/mol. The van der Waals surface area contributed by atoms with Crippen LogP contribution in [0.3, 0.4) is 0 Å². The molecule has 10 nitrogen and oxygen atoms in total. The molecule has 0 saturated heterocycles. The molecule has 1 atom stereocenters. The molecule has 0 aliphatic carbocycles. The van der Waals surface area contributed by atoms with Crippen molar-refractivity contribution < 1.29 is 19.1 Å². The van der Waals surface area contributed by atoms with Crippen molar-refractivity contribution in [2.24, 2.45) is 5.10 Å². The number of rotatable bonds is 12. The van der Waals surface area contributed by atoms with E-state index < -0.39 is 0 Å². The van der Waals surface area contributed by atoms with Crippen molar-refractivity contribution in [3.05, 3.63) is 117 Å². The van der Waals surface area contributed by atoms with Crippen LogP contribution in [0.15, 0.2) is 94.5 Å². The molecule has 5 aromatic rings. The molecule has 1 N–H and O–H groups in total. The van der Waals surface area contributed by atoms with E-state index in [0.717, 1.165) is 38.5 Å². The highest BCUT2D eigenvalue weighted by Crippen LogP contribution is 2.42. The van der Waals surface area contributed by atoms with Crippen molar-refractivity contribution >= 4 is 40.6 Å². The van der Waals surface area contributed by atoms with Gasteiger partial charge in [-0.15, -0.1) is 21.5 Å². The molecule has 6 rings (SSSR count). The molecule has 0 spiro atoms. The van der Waals surface area contributed by atoms with Gasteiger partial charge in [0.15, 0.2) is 22.5 Å². The summed E-state index contributed by atoms with van der Waals surface area (Å²) >= 11 is 2.87. The number of thiophene rings is 1. The first-order valence-corrected chi connectivity index (χ1v) is 17.3. The number of hydrazone groups is 1. The highest BCUT2D eigenvalue weighted by Gasteiger charge is 2.36. The number of para-hydroxylation sites is 1. The monoisotopic (exact) mass is 680 g/mol. The van der Waals surface area contributed by atoms with Gasteiger partial charge in [-0.1, -0.05) is 72.4 Å². The van der Waals surface area contributed by atoms with Crippen LogP contribution >= 0.6 is 23.1 Å². The number of carbonyl (C=O) groups is 2. The Morgan fingerprint density at radius 2 is 1.77 bits per heavy atom. The van der Waals surface area contributed by atoms with Gasteiger partial charge < -0.3 is 14.8 Å². The number of aryl methyl sites for hydroxylation is 1. The smallest absolute Gasteiger partial charge is 0.253 e. The number of methoxy groups -OCH3 is 2. The fourth-order valence-electron chi connectivity index (χ4n) is 5.69. The maximum atomic E-state index is 14.1. The van der Waals surface area contributed by atoms with Gasteiger partial charge in [0.2, 0.25) is 5.91 Å². The lowest BCUT2D eigenvalue weighted by Crippen LogP contribution is -2.29. The molecule has 3 aromatic carbocycles. The van der Waals surface area contributed by atoms with Crippen LogP contribution in [0.5, 0.6) is 11.5 Å². The Labute approximate surface area is 287 Å². The number of aromatic nitrogens is 3. The van der Waals surface area contributed by atoms with Crippen LogP contribution in [0.25, 0.3) is 5.69 Å². The number of thioether (sulfide) groups is 1. The quantitative estimate of drug-likeness (QED) is 0.154. The molecule has 12 heteroatoms. The molecule has 0 fully saturated rings. The summed E-state index contributed by atoms with van der Waals surface area (Å²) in [6, 6.07) is 24.9. The first kappa shape index (κ1) is 33.0. The SMILES string of the molecule is COc1cccc(C2CC(c3cccs3)=NN2C(=O)CSc2nnc(CNC(=O)Cc3ccccc3)n2-c2cccc(C)c2C)c1OC. The normalized spacial score (nSPS) is 14.1. The Morgan fingerprint density at radius 3 is 2.52 bits per heavy atom. The second-order valence-electron chi connectivity index (χ2n) is 11.2. The Bertz CT molecular complexity index is 1940. The number of nitrogens with one attached hydrogen (secondary N) is 1. The number of ether oxygens (including phenoxy) is 2. The first-order valence-electron chi connectivity index (χ1n) is 15.5. The molecule has 48 heavy (non-hydrogen) atoms. The van der Waals surface area contributed by atoms with Gasteiger partial charge in [0.25, 0.3) is 5.91 Å².